The summed E-state index contributed by atoms with van der Waals surface area (Å²) in [5.41, 5.74) is 7.70. The number of aromatic nitrogens is 3. The zero-order valence-electron chi connectivity index (χ0n) is 18.8. The van der Waals surface area contributed by atoms with E-state index in [0.717, 1.165) is 43.4 Å². The van der Waals surface area contributed by atoms with Crippen molar-refractivity contribution in [3.05, 3.63) is 76.1 Å². The number of benzene rings is 2. The molecule has 0 N–H and O–H groups in total. The van der Waals surface area contributed by atoms with Crippen LogP contribution < -0.4 is 4.90 Å². The molecular weight excluding hydrogens is 404 g/mol. The number of carbonyl (C=O) groups is 1. The molecule has 0 saturated heterocycles. The van der Waals surface area contributed by atoms with E-state index in [4.69, 9.17) is 4.98 Å². The number of fused-ring (bicyclic) bond motifs is 1. The van der Waals surface area contributed by atoms with Crippen molar-refractivity contribution in [1.29, 1.82) is 0 Å². The molecule has 0 saturated carbocycles. The van der Waals surface area contributed by atoms with E-state index >= 15 is 0 Å². The molecule has 0 aliphatic heterocycles. The molecule has 1 amide bonds. The summed E-state index contributed by atoms with van der Waals surface area (Å²) < 4.78 is 3.01. The molecule has 0 atom stereocenters. The van der Waals surface area contributed by atoms with Crippen LogP contribution >= 0.6 is 11.3 Å². The van der Waals surface area contributed by atoms with E-state index in [-0.39, 0.29) is 5.91 Å². The first-order chi connectivity index (χ1) is 14.8. The second kappa shape index (κ2) is 8.63. The Balaban J connectivity index is 1.65. The fourth-order valence-corrected chi connectivity index (χ4v) is 5.21. The fourth-order valence-electron chi connectivity index (χ4n) is 4.05. The van der Waals surface area contributed by atoms with Crippen LogP contribution in [0.15, 0.2) is 42.5 Å². The van der Waals surface area contributed by atoms with E-state index < -0.39 is 0 Å². The summed E-state index contributed by atoms with van der Waals surface area (Å²) in [6, 6.07) is 14.4. The van der Waals surface area contributed by atoms with Gasteiger partial charge in [0.25, 0.3) is 0 Å². The molecule has 4 rings (SSSR count). The van der Waals surface area contributed by atoms with Gasteiger partial charge in [0.15, 0.2) is 5.13 Å². The highest BCUT2D eigenvalue weighted by atomic mass is 32.1. The summed E-state index contributed by atoms with van der Waals surface area (Å²) in [4.78, 5) is 20.2. The molecule has 0 unspecified atom stereocenters. The summed E-state index contributed by atoms with van der Waals surface area (Å²) in [5, 5.41) is 5.25. The molecule has 0 radical (unpaired) electrons. The van der Waals surface area contributed by atoms with Crippen LogP contribution in [0.3, 0.4) is 0 Å². The third-order valence-electron chi connectivity index (χ3n) is 5.78. The van der Waals surface area contributed by atoms with Crippen molar-refractivity contribution in [2.24, 2.45) is 7.05 Å². The number of hydrogen-bond acceptors (Lipinski definition) is 4. The quantitative estimate of drug-likeness (QED) is 0.408. The lowest BCUT2D eigenvalue weighted by Gasteiger charge is -2.20. The predicted molar refractivity (Wildman–Crippen MR) is 128 cm³/mol. The number of amides is 1. The fraction of sp³-hybridized carbons (Fsp3) is 0.320. The standard InChI is InChI=1S/C25H28N4OS/c1-16-13-17(2)24-22(14-16)31-25(26-24)29(15-20-9-7-6-8-10-20)23(30)12-11-21-18(3)27-28(5)19(21)4/h6-10,13-14H,11-12,15H2,1-5H3. The SMILES string of the molecule is Cc1cc(C)c2nc(N(Cc3ccccc3)C(=O)CCc3c(C)nn(C)c3C)sc2c1. The number of hydrogen-bond donors (Lipinski definition) is 0. The van der Waals surface area contributed by atoms with Gasteiger partial charge in [0, 0.05) is 19.2 Å². The Hall–Kier alpha value is -2.99. The van der Waals surface area contributed by atoms with Crippen molar-refractivity contribution in [2.45, 2.75) is 47.1 Å². The van der Waals surface area contributed by atoms with Gasteiger partial charge in [-0.1, -0.05) is 47.7 Å². The van der Waals surface area contributed by atoms with Crippen molar-refractivity contribution < 1.29 is 4.79 Å². The maximum Gasteiger partial charge on any atom is 0.229 e. The number of aryl methyl sites for hydroxylation is 4. The van der Waals surface area contributed by atoms with Crippen LogP contribution in [0.5, 0.6) is 0 Å². The van der Waals surface area contributed by atoms with Crippen LogP contribution in [0, 0.1) is 27.7 Å². The van der Waals surface area contributed by atoms with Gasteiger partial charge < -0.3 is 0 Å². The molecule has 6 heteroatoms. The third-order valence-corrected chi connectivity index (χ3v) is 6.81. The van der Waals surface area contributed by atoms with Gasteiger partial charge in [-0.2, -0.15) is 5.10 Å². The normalized spacial score (nSPS) is 11.3. The Bertz CT molecular complexity index is 1240. The Labute approximate surface area is 187 Å². The second-order valence-electron chi connectivity index (χ2n) is 8.16. The first kappa shape index (κ1) is 21.2. The zero-order valence-corrected chi connectivity index (χ0v) is 19.6. The average Bonchev–Trinajstić information content (AvgIpc) is 3.26. The highest BCUT2D eigenvalue weighted by Gasteiger charge is 2.22. The lowest BCUT2D eigenvalue weighted by Crippen LogP contribution is -2.30. The first-order valence-electron chi connectivity index (χ1n) is 10.5. The average molecular weight is 433 g/mol. The van der Waals surface area contributed by atoms with E-state index in [1.807, 2.05) is 41.8 Å². The molecule has 160 valence electrons. The Morgan fingerprint density at radius 2 is 1.84 bits per heavy atom. The second-order valence-corrected chi connectivity index (χ2v) is 9.17. The van der Waals surface area contributed by atoms with Crippen LogP contribution in [0.4, 0.5) is 5.13 Å². The highest BCUT2D eigenvalue weighted by Crippen LogP contribution is 2.33. The van der Waals surface area contributed by atoms with Crippen molar-refractivity contribution in [2.75, 3.05) is 4.90 Å². The molecule has 31 heavy (non-hydrogen) atoms. The summed E-state index contributed by atoms with van der Waals surface area (Å²) in [6.45, 7) is 8.75. The van der Waals surface area contributed by atoms with E-state index in [2.05, 4.69) is 50.1 Å². The smallest absolute Gasteiger partial charge is 0.229 e. The molecule has 2 heterocycles. The topological polar surface area (TPSA) is 51.0 Å². The largest absolute Gasteiger partial charge is 0.284 e. The summed E-state index contributed by atoms with van der Waals surface area (Å²) in [6.07, 6.45) is 1.10. The Kier molecular flexibility index (Phi) is 5.92. The van der Waals surface area contributed by atoms with E-state index in [0.29, 0.717) is 19.4 Å². The molecule has 2 aromatic heterocycles. The molecule has 2 aromatic carbocycles. The van der Waals surface area contributed by atoms with Crippen LogP contribution in [-0.4, -0.2) is 20.7 Å². The van der Waals surface area contributed by atoms with Gasteiger partial charge in [-0.15, -0.1) is 0 Å². The molecule has 5 nitrogen and oxygen atoms in total. The van der Waals surface area contributed by atoms with Gasteiger partial charge in [-0.25, -0.2) is 4.98 Å². The van der Waals surface area contributed by atoms with Gasteiger partial charge in [0.05, 0.1) is 22.5 Å². The van der Waals surface area contributed by atoms with Crippen molar-refractivity contribution >= 4 is 32.6 Å². The molecule has 0 spiro atoms. The van der Waals surface area contributed by atoms with Crippen molar-refractivity contribution in [1.82, 2.24) is 14.8 Å². The summed E-state index contributed by atoms with van der Waals surface area (Å²) in [7, 11) is 1.95. The minimum absolute atomic E-state index is 0.0833. The zero-order chi connectivity index (χ0) is 22.1. The monoisotopic (exact) mass is 432 g/mol. The van der Waals surface area contributed by atoms with E-state index in [1.165, 1.54) is 5.56 Å². The van der Waals surface area contributed by atoms with E-state index in [1.54, 1.807) is 11.3 Å². The summed E-state index contributed by atoms with van der Waals surface area (Å²) in [5.74, 6) is 0.0833. The molecule has 0 aliphatic rings. The molecule has 4 aromatic rings. The number of carbonyl (C=O) groups excluding carboxylic acids is 1. The Morgan fingerprint density at radius 3 is 2.52 bits per heavy atom. The number of nitrogens with zero attached hydrogens (tertiary/aromatic N) is 4. The lowest BCUT2D eigenvalue weighted by molar-refractivity contribution is -0.118. The van der Waals surface area contributed by atoms with Crippen molar-refractivity contribution in [3.8, 4) is 0 Å². The van der Waals surface area contributed by atoms with Gasteiger partial charge in [0.2, 0.25) is 5.91 Å². The molecule has 0 aliphatic carbocycles. The number of rotatable bonds is 6. The van der Waals surface area contributed by atoms with Gasteiger partial charge >= 0.3 is 0 Å². The number of thiazole rings is 1. The maximum absolute atomic E-state index is 13.4. The van der Waals surface area contributed by atoms with Crippen LogP contribution in [-0.2, 0) is 24.8 Å². The number of anilines is 1. The van der Waals surface area contributed by atoms with Gasteiger partial charge in [-0.05, 0) is 62.4 Å². The minimum Gasteiger partial charge on any atom is -0.284 e. The minimum atomic E-state index is 0.0833. The van der Waals surface area contributed by atoms with E-state index in [9.17, 15) is 4.79 Å². The van der Waals surface area contributed by atoms with Crippen LogP contribution in [0.2, 0.25) is 0 Å². The molecule has 0 bridgehead atoms. The van der Waals surface area contributed by atoms with Crippen LogP contribution in [0.25, 0.3) is 10.2 Å². The van der Waals surface area contributed by atoms with Gasteiger partial charge in [-0.3, -0.25) is 14.4 Å². The Morgan fingerprint density at radius 1 is 1.10 bits per heavy atom. The summed E-state index contributed by atoms with van der Waals surface area (Å²) >= 11 is 1.59. The predicted octanol–water partition coefficient (Wildman–Crippen LogP) is 5.43. The van der Waals surface area contributed by atoms with Crippen molar-refractivity contribution in [3.63, 3.8) is 0 Å². The maximum atomic E-state index is 13.4. The first-order valence-corrected chi connectivity index (χ1v) is 11.4. The van der Waals surface area contributed by atoms with Gasteiger partial charge in [0.1, 0.15) is 0 Å². The van der Waals surface area contributed by atoms with Crippen LogP contribution in [0.1, 0.15) is 40.1 Å². The molecular formula is C25H28N4OS. The lowest BCUT2D eigenvalue weighted by atomic mass is 10.1. The molecule has 0 fully saturated rings. The highest BCUT2D eigenvalue weighted by molar-refractivity contribution is 7.22. The third kappa shape index (κ3) is 4.39.